The average molecular weight is 354 g/mol. The molecule has 5 nitrogen and oxygen atoms in total. The molecule has 0 aliphatic carbocycles. The van der Waals surface area contributed by atoms with Gasteiger partial charge in [0, 0.05) is 12.8 Å². The predicted molar refractivity (Wildman–Crippen MR) is 99.4 cm³/mol. The van der Waals surface area contributed by atoms with Crippen LogP contribution in [0.25, 0.3) is 0 Å². The van der Waals surface area contributed by atoms with Gasteiger partial charge >= 0.3 is 5.97 Å². The summed E-state index contributed by atoms with van der Waals surface area (Å²) in [6.45, 7) is 2.20. The van der Waals surface area contributed by atoms with Gasteiger partial charge in [-0.05, 0) is 31.8 Å². The first-order valence-electron chi connectivity index (χ1n) is 9.41. The van der Waals surface area contributed by atoms with Crippen LogP contribution in [0.2, 0.25) is 0 Å². The topological polar surface area (TPSA) is 94.8 Å². The predicted octanol–water partition coefficient (Wildman–Crippen LogP) is 3.79. The number of carbonyl (C=O) groups is 2. The molecule has 3 N–H and O–H groups in total. The van der Waals surface area contributed by atoms with Crippen molar-refractivity contribution in [2.45, 2.75) is 89.8 Å². The van der Waals surface area contributed by atoms with E-state index in [0.717, 1.165) is 12.8 Å². The fraction of sp³-hybridized carbons (Fsp3) is 0.700. The molecular weight excluding hydrogens is 320 g/mol. The summed E-state index contributed by atoms with van der Waals surface area (Å²) in [5, 5.41) is 27.9. The van der Waals surface area contributed by atoms with Crippen molar-refractivity contribution in [1.82, 2.24) is 0 Å². The van der Waals surface area contributed by atoms with Crippen LogP contribution in [0, 0.1) is 0 Å². The molecule has 0 aromatic carbocycles. The number of hydrogen-bond donors (Lipinski definition) is 3. The van der Waals surface area contributed by atoms with Crippen molar-refractivity contribution in [2.75, 3.05) is 0 Å². The lowest BCUT2D eigenvalue weighted by atomic mass is 10.1. The van der Waals surface area contributed by atoms with Crippen molar-refractivity contribution < 1.29 is 24.9 Å². The van der Waals surface area contributed by atoms with Crippen LogP contribution in [-0.2, 0) is 9.59 Å². The van der Waals surface area contributed by atoms with Gasteiger partial charge in [-0.3, -0.25) is 9.59 Å². The summed E-state index contributed by atoms with van der Waals surface area (Å²) >= 11 is 0. The zero-order valence-electron chi connectivity index (χ0n) is 15.4. The third-order valence-corrected chi connectivity index (χ3v) is 3.97. The summed E-state index contributed by atoms with van der Waals surface area (Å²) in [4.78, 5) is 22.1. The molecule has 0 radical (unpaired) electrons. The zero-order chi connectivity index (χ0) is 18.9. The molecule has 2 unspecified atom stereocenters. The normalized spacial score (nSPS) is 14.2. The maximum absolute atomic E-state index is 11.7. The van der Waals surface area contributed by atoms with Crippen LogP contribution >= 0.6 is 0 Å². The van der Waals surface area contributed by atoms with Gasteiger partial charge in [-0.1, -0.05) is 57.3 Å². The Morgan fingerprint density at radius 1 is 0.960 bits per heavy atom. The van der Waals surface area contributed by atoms with Crippen LogP contribution in [0.3, 0.4) is 0 Å². The molecule has 0 saturated carbocycles. The van der Waals surface area contributed by atoms with Gasteiger partial charge in [0.2, 0.25) is 0 Å². The molecule has 0 aromatic heterocycles. The minimum absolute atomic E-state index is 0.0458. The Labute approximate surface area is 151 Å². The highest BCUT2D eigenvalue weighted by atomic mass is 16.4. The Balaban J connectivity index is 3.79. The van der Waals surface area contributed by atoms with Crippen LogP contribution in [0.4, 0.5) is 0 Å². The van der Waals surface area contributed by atoms with E-state index in [1.165, 1.54) is 44.3 Å². The van der Waals surface area contributed by atoms with Gasteiger partial charge in [-0.15, -0.1) is 0 Å². The third-order valence-electron chi connectivity index (χ3n) is 3.97. The maximum atomic E-state index is 11.7. The number of aliphatic hydroxyl groups is 2. The van der Waals surface area contributed by atoms with Crippen molar-refractivity contribution in [1.29, 1.82) is 0 Å². The van der Waals surface area contributed by atoms with Crippen LogP contribution in [0.5, 0.6) is 0 Å². The summed E-state index contributed by atoms with van der Waals surface area (Å²) in [6.07, 6.45) is 13.4. The number of hydrogen-bond acceptors (Lipinski definition) is 4. The maximum Gasteiger partial charge on any atom is 0.303 e. The molecule has 0 aliphatic rings. The lowest BCUT2D eigenvalue weighted by Gasteiger charge is -2.13. The van der Waals surface area contributed by atoms with Crippen molar-refractivity contribution in [3.8, 4) is 0 Å². The number of allylic oxidation sites excluding steroid dienone is 3. The molecule has 0 rings (SSSR count). The van der Waals surface area contributed by atoms with Gasteiger partial charge in [0.15, 0.2) is 5.78 Å². The number of ketones is 1. The number of carboxylic acids is 1. The van der Waals surface area contributed by atoms with Crippen LogP contribution in [0.1, 0.15) is 77.6 Å². The Bertz CT molecular complexity index is 414. The highest BCUT2D eigenvalue weighted by Crippen LogP contribution is 2.08. The SMILES string of the molecule is CCCCCCCC/C=C\CC(=O)/C=C/C(O)C(O)CCCC(=O)O. The van der Waals surface area contributed by atoms with Gasteiger partial charge in [0.1, 0.15) is 0 Å². The molecule has 0 aromatic rings. The molecule has 5 heteroatoms. The summed E-state index contributed by atoms with van der Waals surface area (Å²) in [5.74, 6) is -1.06. The van der Waals surface area contributed by atoms with Gasteiger partial charge in [0.05, 0.1) is 12.2 Å². The second kappa shape index (κ2) is 16.0. The third kappa shape index (κ3) is 15.8. The first-order chi connectivity index (χ1) is 12.0. The first-order valence-corrected chi connectivity index (χ1v) is 9.41. The van der Waals surface area contributed by atoms with E-state index in [1.807, 2.05) is 12.2 Å². The summed E-state index contributed by atoms with van der Waals surface area (Å²) in [7, 11) is 0. The van der Waals surface area contributed by atoms with Gasteiger partial charge in [-0.25, -0.2) is 0 Å². The fourth-order valence-corrected chi connectivity index (χ4v) is 2.40. The molecule has 144 valence electrons. The highest BCUT2D eigenvalue weighted by Gasteiger charge is 2.13. The Morgan fingerprint density at radius 2 is 1.64 bits per heavy atom. The molecule has 2 atom stereocenters. The second-order valence-electron chi connectivity index (χ2n) is 6.40. The quantitative estimate of drug-likeness (QED) is 0.223. The van der Waals surface area contributed by atoms with E-state index < -0.39 is 18.2 Å². The van der Waals surface area contributed by atoms with Crippen molar-refractivity contribution in [3.05, 3.63) is 24.3 Å². The smallest absolute Gasteiger partial charge is 0.303 e. The van der Waals surface area contributed by atoms with Crippen molar-refractivity contribution in [2.24, 2.45) is 0 Å². The van der Waals surface area contributed by atoms with E-state index >= 15 is 0 Å². The van der Waals surface area contributed by atoms with E-state index in [4.69, 9.17) is 5.11 Å². The first kappa shape index (κ1) is 23.5. The van der Waals surface area contributed by atoms with Crippen LogP contribution < -0.4 is 0 Å². The summed E-state index contributed by atoms with van der Waals surface area (Å²) in [6, 6.07) is 0. The highest BCUT2D eigenvalue weighted by molar-refractivity contribution is 5.90. The summed E-state index contributed by atoms with van der Waals surface area (Å²) < 4.78 is 0. The van der Waals surface area contributed by atoms with Crippen LogP contribution in [-0.4, -0.2) is 39.3 Å². The lowest BCUT2D eigenvalue weighted by Crippen LogP contribution is -2.24. The number of aliphatic hydroxyl groups excluding tert-OH is 2. The van der Waals surface area contributed by atoms with E-state index in [1.54, 1.807) is 0 Å². The number of rotatable bonds is 16. The molecule has 0 spiro atoms. The fourth-order valence-electron chi connectivity index (χ4n) is 2.40. The number of carbonyl (C=O) groups excluding carboxylic acids is 1. The van der Waals surface area contributed by atoms with Gasteiger partial charge in [0.25, 0.3) is 0 Å². The molecule has 0 amide bonds. The lowest BCUT2D eigenvalue weighted by molar-refractivity contribution is -0.137. The largest absolute Gasteiger partial charge is 0.481 e. The van der Waals surface area contributed by atoms with E-state index in [0.29, 0.717) is 0 Å². The molecule has 0 fully saturated rings. The number of aliphatic carboxylic acids is 1. The van der Waals surface area contributed by atoms with Crippen molar-refractivity contribution in [3.63, 3.8) is 0 Å². The van der Waals surface area contributed by atoms with Gasteiger partial charge < -0.3 is 15.3 Å². The Hall–Kier alpha value is -1.46. The zero-order valence-corrected chi connectivity index (χ0v) is 15.4. The Morgan fingerprint density at radius 3 is 2.32 bits per heavy atom. The molecule has 0 aliphatic heterocycles. The molecule has 25 heavy (non-hydrogen) atoms. The van der Waals surface area contributed by atoms with E-state index in [9.17, 15) is 19.8 Å². The average Bonchev–Trinajstić information content (AvgIpc) is 2.57. The Kier molecular flexibility index (Phi) is 15.1. The minimum Gasteiger partial charge on any atom is -0.481 e. The second-order valence-corrected chi connectivity index (χ2v) is 6.40. The standard InChI is InChI=1S/C20H34O5/c1-2-3-4-5-6-7-8-9-10-12-17(21)15-16-19(23)18(22)13-11-14-20(24)25/h9-10,15-16,18-19,22-23H,2-8,11-14H2,1H3,(H,24,25)/b10-9-,16-15+. The molecule has 0 bridgehead atoms. The van der Waals surface area contributed by atoms with Crippen molar-refractivity contribution >= 4 is 11.8 Å². The number of unbranched alkanes of at least 4 members (excludes halogenated alkanes) is 6. The summed E-state index contributed by atoms with van der Waals surface area (Å²) in [5.41, 5.74) is 0. The molecular formula is C20H34O5. The monoisotopic (exact) mass is 354 g/mol. The van der Waals surface area contributed by atoms with E-state index in [-0.39, 0.29) is 31.5 Å². The van der Waals surface area contributed by atoms with Crippen LogP contribution in [0.15, 0.2) is 24.3 Å². The number of carboxylic acid groups (broad SMARTS) is 1. The molecule has 0 saturated heterocycles. The minimum atomic E-state index is -1.15. The van der Waals surface area contributed by atoms with Gasteiger partial charge in [-0.2, -0.15) is 0 Å². The molecule has 0 heterocycles. The van der Waals surface area contributed by atoms with E-state index in [2.05, 4.69) is 6.92 Å².